The zero-order valence-corrected chi connectivity index (χ0v) is 15.9. The van der Waals surface area contributed by atoms with Gasteiger partial charge in [-0.25, -0.2) is 19.7 Å². The molecule has 3 heterocycles. The van der Waals surface area contributed by atoms with E-state index in [0.29, 0.717) is 22.2 Å². The first-order valence-electron chi connectivity index (χ1n) is 8.25. The van der Waals surface area contributed by atoms with E-state index in [-0.39, 0.29) is 12.0 Å². The smallest absolute Gasteiger partial charge is 0.409 e. The van der Waals surface area contributed by atoms with Gasteiger partial charge in [0.05, 0.1) is 18.5 Å². The minimum absolute atomic E-state index is 0.221. The van der Waals surface area contributed by atoms with Crippen molar-refractivity contribution in [2.24, 2.45) is 0 Å². The number of nitrogens with one attached hydrogen (secondary N) is 2. The molecule has 2 amide bonds. The Morgan fingerprint density at radius 3 is 2.59 bits per heavy atom. The Balaban J connectivity index is 0.000000223. The van der Waals surface area contributed by atoms with Crippen molar-refractivity contribution in [1.29, 1.82) is 0 Å². The first-order chi connectivity index (χ1) is 13.0. The summed E-state index contributed by atoms with van der Waals surface area (Å²) in [6.45, 7) is 3.25. The van der Waals surface area contributed by atoms with Crippen LogP contribution >= 0.6 is 11.6 Å². The van der Waals surface area contributed by atoms with Gasteiger partial charge in [0.2, 0.25) is 0 Å². The monoisotopic (exact) mass is 392 g/mol. The van der Waals surface area contributed by atoms with E-state index in [9.17, 15) is 9.59 Å². The second-order valence-electron chi connectivity index (χ2n) is 5.42. The van der Waals surface area contributed by atoms with Crippen molar-refractivity contribution in [2.45, 2.75) is 0 Å². The van der Waals surface area contributed by atoms with Gasteiger partial charge < -0.3 is 20.3 Å². The first-order valence-corrected chi connectivity index (χ1v) is 8.63. The number of ether oxygens (including phenoxy) is 1. The Bertz CT molecular complexity index is 783. The number of pyridine rings is 1. The van der Waals surface area contributed by atoms with E-state index >= 15 is 0 Å². The van der Waals surface area contributed by atoms with Crippen LogP contribution in [0.5, 0.6) is 0 Å². The maximum atomic E-state index is 11.4. The number of hydrogen-bond donors (Lipinski definition) is 2. The fourth-order valence-corrected chi connectivity index (χ4v) is 2.44. The van der Waals surface area contributed by atoms with Gasteiger partial charge in [0.25, 0.3) is 5.91 Å². The summed E-state index contributed by atoms with van der Waals surface area (Å²) < 4.78 is 4.55. The third-order valence-corrected chi connectivity index (χ3v) is 3.86. The van der Waals surface area contributed by atoms with Crippen LogP contribution in [0, 0.1) is 0 Å². The normalized spacial score (nSPS) is 13.2. The van der Waals surface area contributed by atoms with Gasteiger partial charge in [-0.2, -0.15) is 0 Å². The highest BCUT2D eigenvalue weighted by atomic mass is 35.5. The summed E-state index contributed by atoms with van der Waals surface area (Å²) in [4.78, 5) is 36.0. The number of aromatic nitrogens is 3. The van der Waals surface area contributed by atoms with Gasteiger partial charge in [-0.1, -0.05) is 17.7 Å². The molecule has 3 rings (SSSR count). The molecule has 144 valence electrons. The highest BCUT2D eigenvalue weighted by Gasteiger charge is 2.15. The highest BCUT2D eigenvalue weighted by Crippen LogP contribution is 2.16. The van der Waals surface area contributed by atoms with Crippen LogP contribution < -0.4 is 10.6 Å². The minimum atomic E-state index is -0.268. The molecule has 27 heavy (non-hydrogen) atoms. The summed E-state index contributed by atoms with van der Waals surface area (Å²) in [5.74, 6) is -0.268. The van der Waals surface area contributed by atoms with Crippen molar-refractivity contribution in [3.63, 3.8) is 0 Å². The van der Waals surface area contributed by atoms with Gasteiger partial charge in [-0.05, 0) is 18.2 Å². The maximum absolute atomic E-state index is 11.4. The number of rotatable bonds is 2. The number of nitrogens with zero attached hydrogens (tertiary/aromatic N) is 4. The zero-order chi connectivity index (χ0) is 19.6. The second kappa shape index (κ2) is 10.4. The van der Waals surface area contributed by atoms with Gasteiger partial charge in [-0.3, -0.25) is 4.79 Å². The van der Waals surface area contributed by atoms with Crippen molar-refractivity contribution in [3.8, 4) is 11.4 Å². The third kappa shape index (κ3) is 6.15. The van der Waals surface area contributed by atoms with Crippen molar-refractivity contribution >= 4 is 23.6 Å². The quantitative estimate of drug-likeness (QED) is 0.739. The van der Waals surface area contributed by atoms with Crippen LogP contribution in [0.1, 0.15) is 10.5 Å². The molecule has 2 N–H and O–H groups in total. The average Bonchev–Trinajstić information content (AvgIpc) is 2.73. The molecule has 0 aliphatic carbocycles. The second-order valence-corrected chi connectivity index (χ2v) is 5.81. The molecule has 1 aliphatic rings. The maximum Gasteiger partial charge on any atom is 0.409 e. The van der Waals surface area contributed by atoms with Crippen LogP contribution in [0.25, 0.3) is 11.4 Å². The highest BCUT2D eigenvalue weighted by molar-refractivity contribution is 6.29. The van der Waals surface area contributed by atoms with E-state index in [2.05, 4.69) is 30.3 Å². The Morgan fingerprint density at radius 1 is 1.22 bits per heavy atom. The van der Waals surface area contributed by atoms with Crippen LogP contribution in [0.4, 0.5) is 4.79 Å². The predicted octanol–water partition coefficient (Wildman–Crippen LogP) is 1.21. The average molecular weight is 393 g/mol. The summed E-state index contributed by atoms with van der Waals surface area (Å²) >= 11 is 5.79. The summed E-state index contributed by atoms with van der Waals surface area (Å²) in [5, 5.41) is 6.02. The van der Waals surface area contributed by atoms with Crippen molar-refractivity contribution in [1.82, 2.24) is 30.5 Å². The molecule has 0 bridgehead atoms. The number of hydrogen-bond acceptors (Lipinski definition) is 7. The SMILES string of the molecule is CNC(=O)c1cc(-c2cccc(Cl)n2)ncn1.COC(=O)N1CCNCC1. The van der Waals surface area contributed by atoms with Crippen LogP contribution in [0.2, 0.25) is 5.15 Å². The van der Waals surface area contributed by atoms with Gasteiger partial charge in [-0.15, -0.1) is 0 Å². The molecule has 0 radical (unpaired) electrons. The standard InChI is InChI=1S/C11H9ClN4O.C6H12N2O2/c1-13-11(17)9-5-8(14-6-15-9)7-3-2-4-10(12)16-7;1-10-6(9)8-4-2-7-3-5-8/h2-6H,1H3,(H,13,17);7H,2-5H2,1H3. The molecule has 0 aromatic carbocycles. The van der Waals surface area contributed by atoms with Gasteiger partial charge >= 0.3 is 6.09 Å². The van der Waals surface area contributed by atoms with Crippen molar-refractivity contribution in [2.75, 3.05) is 40.3 Å². The Morgan fingerprint density at radius 2 is 1.96 bits per heavy atom. The lowest BCUT2D eigenvalue weighted by Gasteiger charge is -2.25. The summed E-state index contributed by atoms with van der Waals surface area (Å²) in [7, 11) is 2.95. The molecule has 2 aromatic rings. The number of halogens is 1. The van der Waals surface area contributed by atoms with Crippen LogP contribution in [-0.2, 0) is 4.74 Å². The molecule has 10 heteroatoms. The van der Waals surface area contributed by atoms with Gasteiger partial charge in [0.1, 0.15) is 17.2 Å². The van der Waals surface area contributed by atoms with E-state index in [1.165, 1.54) is 13.4 Å². The van der Waals surface area contributed by atoms with E-state index in [4.69, 9.17) is 11.6 Å². The fourth-order valence-electron chi connectivity index (χ4n) is 2.28. The van der Waals surface area contributed by atoms with Crippen LogP contribution in [0.3, 0.4) is 0 Å². The molecule has 1 fully saturated rings. The van der Waals surface area contributed by atoms with Crippen molar-refractivity contribution in [3.05, 3.63) is 41.4 Å². The van der Waals surface area contributed by atoms with E-state index < -0.39 is 0 Å². The predicted molar refractivity (Wildman–Crippen MR) is 101 cm³/mol. The first kappa shape index (κ1) is 20.5. The lowest BCUT2D eigenvalue weighted by molar-refractivity contribution is 0.0958. The Labute approximate surface area is 162 Å². The summed E-state index contributed by atoms with van der Waals surface area (Å²) in [6.07, 6.45) is 1.10. The summed E-state index contributed by atoms with van der Waals surface area (Å²) in [6, 6.07) is 6.78. The van der Waals surface area contributed by atoms with E-state index in [1.54, 1.807) is 36.2 Å². The topological polar surface area (TPSA) is 109 Å². The lowest BCUT2D eigenvalue weighted by atomic mass is 10.2. The largest absolute Gasteiger partial charge is 0.453 e. The molecule has 0 atom stereocenters. The molecule has 1 saturated heterocycles. The summed E-state index contributed by atoms with van der Waals surface area (Å²) in [5.41, 5.74) is 1.45. The van der Waals surface area contributed by atoms with Crippen LogP contribution in [0.15, 0.2) is 30.6 Å². The molecule has 0 saturated carbocycles. The molecular weight excluding hydrogens is 372 g/mol. The van der Waals surface area contributed by atoms with Gasteiger partial charge in [0.15, 0.2) is 0 Å². The zero-order valence-electron chi connectivity index (χ0n) is 15.1. The number of carbonyl (C=O) groups excluding carboxylic acids is 2. The number of methoxy groups -OCH3 is 1. The minimum Gasteiger partial charge on any atom is -0.453 e. The van der Waals surface area contributed by atoms with E-state index in [0.717, 1.165) is 26.2 Å². The molecular formula is C17H21ClN6O3. The van der Waals surface area contributed by atoms with E-state index in [1.807, 2.05) is 0 Å². The molecule has 0 unspecified atom stereocenters. The molecule has 2 aromatic heterocycles. The number of piperazine rings is 1. The molecule has 9 nitrogen and oxygen atoms in total. The Hall–Kier alpha value is -2.78. The number of carbonyl (C=O) groups is 2. The third-order valence-electron chi connectivity index (χ3n) is 3.65. The van der Waals surface area contributed by atoms with Crippen LogP contribution in [-0.4, -0.2) is 72.2 Å². The Kier molecular flexibility index (Phi) is 7.90. The molecule has 1 aliphatic heterocycles. The molecule has 0 spiro atoms. The van der Waals surface area contributed by atoms with Crippen molar-refractivity contribution < 1.29 is 14.3 Å². The number of amides is 2. The fraction of sp³-hybridized carbons (Fsp3) is 0.353. The lowest BCUT2D eigenvalue weighted by Crippen LogP contribution is -2.46. The van der Waals surface area contributed by atoms with Gasteiger partial charge in [0, 0.05) is 33.2 Å².